The lowest BCUT2D eigenvalue weighted by molar-refractivity contribution is -0.195. The molecule has 7 heteroatoms. The highest BCUT2D eigenvalue weighted by Crippen LogP contribution is 2.32. The summed E-state index contributed by atoms with van der Waals surface area (Å²) in [5, 5.41) is 13.8. The summed E-state index contributed by atoms with van der Waals surface area (Å²) in [5.74, 6) is 0. The summed E-state index contributed by atoms with van der Waals surface area (Å²) < 4.78 is 16.7. The number of rotatable bonds is 4. The average Bonchev–Trinajstić information content (AvgIpc) is 2.90. The maximum Gasteiger partial charge on any atom is 0.169 e. The predicted octanol–water partition coefficient (Wildman–Crippen LogP) is 1.37. The van der Waals surface area contributed by atoms with Crippen LogP contribution in [0.1, 0.15) is 5.56 Å². The number of azide groups is 1. The van der Waals surface area contributed by atoms with Crippen molar-refractivity contribution in [2.24, 2.45) is 5.11 Å². The molecule has 0 aliphatic carbocycles. The lowest BCUT2D eigenvalue weighted by Gasteiger charge is -2.35. The quantitative estimate of drug-likeness (QED) is 0.510. The zero-order valence-corrected chi connectivity index (χ0v) is 10.7. The first kappa shape index (κ1) is 13.4. The van der Waals surface area contributed by atoms with Crippen molar-refractivity contribution in [1.29, 1.82) is 0 Å². The number of hydrogen-bond acceptors (Lipinski definition) is 5. The second-order valence-electron chi connectivity index (χ2n) is 4.82. The summed E-state index contributed by atoms with van der Waals surface area (Å²) in [7, 11) is 0. The number of nitrogens with zero attached hydrogens (tertiary/aromatic N) is 3. The fourth-order valence-electron chi connectivity index (χ4n) is 2.52. The first-order valence-electron chi connectivity index (χ1n) is 6.44. The van der Waals surface area contributed by atoms with E-state index in [1.54, 1.807) is 0 Å². The van der Waals surface area contributed by atoms with Gasteiger partial charge in [0.2, 0.25) is 0 Å². The smallest absolute Gasteiger partial charge is 0.169 e. The summed E-state index contributed by atoms with van der Waals surface area (Å²) in [5.41, 5.74) is 9.55. The van der Waals surface area contributed by atoms with Crippen molar-refractivity contribution in [3.05, 3.63) is 46.3 Å². The van der Waals surface area contributed by atoms with Crippen LogP contribution in [0.4, 0.5) is 0 Å². The summed E-state index contributed by atoms with van der Waals surface area (Å²) in [6, 6.07) is 8.87. The van der Waals surface area contributed by atoms with Crippen LogP contribution in [-0.4, -0.2) is 42.4 Å². The highest BCUT2D eigenvalue weighted by Gasteiger charge is 2.50. The van der Waals surface area contributed by atoms with Crippen LogP contribution < -0.4 is 0 Å². The summed E-state index contributed by atoms with van der Waals surface area (Å²) in [4.78, 5) is 2.73. The molecule has 2 aliphatic rings. The van der Waals surface area contributed by atoms with Crippen molar-refractivity contribution in [3.8, 4) is 0 Å². The highest BCUT2D eigenvalue weighted by atomic mass is 16.7. The monoisotopic (exact) mass is 277 g/mol. The van der Waals surface area contributed by atoms with Gasteiger partial charge in [-0.1, -0.05) is 35.4 Å². The van der Waals surface area contributed by atoms with Crippen molar-refractivity contribution in [2.75, 3.05) is 6.61 Å². The van der Waals surface area contributed by atoms with Crippen LogP contribution >= 0.6 is 0 Å². The fraction of sp³-hybridized carbons (Fsp3) is 0.538. The number of hydrogen-bond donors (Lipinski definition) is 1. The predicted molar refractivity (Wildman–Crippen MR) is 68.6 cm³/mol. The second kappa shape index (κ2) is 5.78. The molecule has 20 heavy (non-hydrogen) atoms. The molecule has 0 aromatic heterocycles. The van der Waals surface area contributed by atoms with Gasteiger partial charge in [0.05, 0.1) is 19.3 Å². The van der Waals surface area contributed by atoms with Gasteiger partial charge in [-0.2, -0.15) is 0 Å². The Balaban J connectivity index is 1.70. The zero-order valence-electron chi connectivity index (χ0n) is 10.7. The molecule has 0 spiro atoms. The molecule has 1 aromatic rings. The van der Waals surface area contributed by atoms with Crippen molar-refractivity contribution < 1.29 is 19.3 Å². The van der Waals surface area contributed by atoms with Crippen LogP contribution in [0.3, 0.4) is 0 Å². The Morgan fingerprint density at radius 3 is 2.95 bits per heavy atom. The lowest BCUT2D eigenvalue weighted by Crippen LogP contribution is -2.53. The van der Waals surface area contributed by atoms with Crippen LogP contribution in [-0.2, 0) is 20.8 Å². The van der Waals surface area contributed by atoms with Gasteiger partial charge in [-0.25, -0.2) is 0 Å². The minimum atomic E-state index is -0.930. The average molecular weight is 277 g/mol. The topological polar surface area (TPSA) is 96.7 Å². The van der Waals surface area contributed by atoms with Crippen molar-refractivity contribution in [1.82, 2.24) is 0 Å². The van der Waals surface area contributed by atoms with E-state index >= 15 is 0 Å². The molecule has 2 aliphatic heterocycles. The molecule has 2 bridgehead atoms. The Labute approximate surface area is 115 Å². The molecule has 0 saturated carbocycles. The summed E-state index contributed by atoms with van der Waals surface area (Å²) in [6.45, 7) is 0.689. The van der Waals surface area contributed by atoms with Gasteiger partial charge in [0, 0.05) is 4.91 Å². The highest BCUT2D eigenvalue weighted by molar-refractivity contribution is 5.13. The van der Waals surface area contributed by atoms with Crippen molar-refractivity contribution >= 4 is 0 Å². The number of ether oxygens (including phenoxy) is 3. The Morgan fingerprint density at radius 2 is 2.20 bits per heavy atom. The first-order valence-corrected chi connectivity index (χ1v) is 6.44. The molecule has 2 saturated heterocycles. The van der Waals surface area contributed by atoms with E-state index in [0.29, 0.717) is 13.2 Å². The van der Waals surface area contributed by atoms with E-state index < -0.39 is 24.5 Å². The van der Waals surface area contributed by atoms with Gasteiger partial charge in [-0.15, -0.1) is 0 Å². The Morgan fingerprint density at radius 1 is 1.40 bits per heavy atom. The molecule has 106 valence electrons. The molecule has 2 fully saturated rings. The molecule has 0 amide bonds. The second-order valence-corrected chi connectivity index (χ2v) is 4.82. The third-order valence-electron chi connectivity index (χ3n) is 3.54. The van der Waals surface area contributed by atoms with Crippen LogP contribution in [0.15, 0.2) is 35.4 Å². The Kier molecular flexibility index (Phi) is 3.86. The summed E-state index contributed by atoms with van der Waals surface area (Å²) >= 11 is 0. The molecule has 7 nitrogen and oxygen atoms in total. The van der Waals surface area contributed by atoms with Crippen molar-refractivity contribution in [2.45, 2.75) is 37.3 Å². The number of aliphatic hydroxyl groups is 1. The Bertz CT molecular complexity index is 506. The van der Waals surface area contributed by atoms with E-state index in [2.05, 4.69) is 10.0 Å². The standard InChI is InChI=1S/C13H15N3O4/c14-16-15-10-11(17)12(9-7-19-13(10)20-9)18-6-8-4-2-1-3-5-8/h1-5,9-13,17H,6-7H2/t9-,10+,11-,12+,13-/m0/s1. The number of aliphatic hydroxyl groups excluding tert-OH is 1. The molecule has 3 rings (SSSR count). The number of fused-ring (bicyclic) bond motifs is 2. The molecule has 1 aromatic carbocycles. The van der Waals surface area contributed by atoms with Crippen molar-refractivity contribution in [3.63, 3.8) is 0 Å². The van der Waals surface area contributed by atoms with Crippen LogP contribution in [0.5, 0.6) is 0 Å². The fourth-order valence-corrected chi connectivity index (χ4v) is 2.52. The summed E-state index contributed by atoms with van der Waals surface area (Å²) in [6.07, 6.45) is -2.50. The molecule has 1 N–H and O–H groups in total. The molecule has 5 atom stereocenters. The van der Waals surface area contributed by atoms with Gasteiger partial charge in [0.25, 0.3) is 0 Å². The maximum atomic E-state index is 10.3. The van der Waals surface area contributed by atoms with Crippen LogP contribution in [0.25, 0.3) is 10.4 Å². The zero-order chi connectivity index (χ0) is 13.9. The maximum absolute atomic E-state index is 10.3. The van der Waals surface area contributed by atoms with Gasteiger partial charge in [0.15, 0.2) is 6.29 Å². The number of benzene rings is 1. The molecule has 2 heterocycles. The minimum Gasteiger partial charge on any atom is -0.390 e. The lowest BCUT2D eigenvalue weighted by atomic mass is 9.99. The van der Waals surface area contributed by atoms with Gasteiger partial charge in [-0.3, -0.25) is 0 Å². The van der Waals surface area contributed by atoms with Crippen LogP contribution in [0, 0.1) is 0 Å². The SMILES string of the molecule is [N-]=[N+]=N[C@H]1[C@H]2OC[C@H](O2)[C@@H](OCc2ccccc2)[C@H]1O. The van der Waals surface area contributed by atoms with Gasteiger partial charge in [0.1, 0.15) is 18.2 Å². The van der Waals surface area contributed by atoms with E-state index in [0.717, 1.165) is 5.56 Å². The van der Waals surface area contributed by atoms with Gasteiger partial charge >= 0.3 is 0 Å². The third-order valence-corrected chi connectivity index (χ3v) is 3.54. The van der Waals surface area contributed by atoms with Gasteiger partial charge in [-0.05, 0) is 11.1 Å². The molecule has 0 unspecified atom stereocenters. The molecular weight excluding hydrogens is 262 g/mol. The van der Waals surface area contributed by atoms with E-state index in [1.165, 1.54) is 0 Å². The van der Waals surface area contributed by atoms with E-state index in [9.17, 15) is 5.11 Å². The molecular formula is C13H15N3O4. The normalized spacial score (nSPS) is 35.5. The van der Waals surface area contributed by atoms with E-state index in [-0.39, 0.29) is 6.10 Å². The third kappa shape index (κ3) is 2.49. The Hall–Kier alpha value is -1.63. The van der Waals surface area contributed by atoms with E-state index in [1.807, 2.05) is 30.3 Å². The first-order chi connectivity index (χ1) is 9.79. The molecule has 0 radical (unpaired) electrons. The van der Waals surface area contributed by atoms with E-state index in [4.69, 9.17) is 19.7 Å². The van der Waals surface area contributed by atoms with Gasteiger partial charge < -0.3 is 19.3 Å². The largest absolute Gasteiger partial charge is 0.390 e. The van der Waals surface area contributed by atoms with Crippen LogP contribution in [0.2, 0.25) is 0 Å². The minimum absolute atomic E-state index is 0.330.